The van der Waals surface area contributed by atoms with Gasteiger partial charge in [-0.15, -0.1) is 0 Å². The number of hydrogen-bond acceptors (Lipinski definition) is 4. The number of amides is 1. The Labute approximate surface area is 96.9 Å². The van der Waals surface area contributed by atoms with Gasteiger partial charge in [0.1, 0.15) is 5.56 Å². The van der Waals surface area contributed by atoms with Crippen LogP contribution in [0.3, 0.4) is 0 Å². The Hall–Kier alpha value is -2.18. The van der Waals surface area contributed by atoms with Crippen molar-refractivity contribution in [1.82, 2.24) is 4.98 Å². The summed E-state index contributed by atoms with van der Waals surface area (Å²) < 4.78 is 13.8. The van der Waals surface area contributed by atoms with Gasteiger partial charge in [-0.05, 0) is 13.0 Å². The highest BCUT2D eigenvalue weighted by Gasteiger charge is 2.19. The molecule has 0 aliphatic heterocycles. The molecular formula is C10H12FN3O3. The largest absolute Gasteiger partial charge is 0.478 e. The van der Waals surface area contributed by atoms with Gasteiger partial charge in [0.05, 0.1) is 6.54 Å². The fraction of sp³-hybridized carbons (Fsp3) is 0.300. The number of primary amides is 1. The third kappa shape index (κ3) is 2.90. The molecule has 0 bridgehead atoms. The standard InChI is InChI=1S/C10H12FN3O3/c1-2-14(5-7(12)15)9-8(11)6(10(16)17)3-4-13-9/h3-4H,2,5H2,1H3,(H2,12,15)(H,16,17). The Bertz CT molecular complexity index is 450. The first-order chi connectivity index (χ1) is 7.97. The summed E-state index contributed by atoms with van der Waals surface area (Å²) >= 11 is 0. The van der Waals surface area contributed by atoms with E-state index < -0.39 is 23.3 Å². The van der Waals surface area contributed by atoms with Crippen LogP contribution in [0.2, 0.25) is 0 Å². The van der Waals surface area contributed by atoms with Crippen molar-refractivity contribution in [3.8, 4) is 0 Å². The molecule has 1 aromatic rings. The number of nitrogens with two attached hydrogens (primary N) is 1. The van der Waals surface area contributed by atoms with Crippen molar-refractivity contribution in [2.24, 2.45) is 5.73 Å². The summed E-state index contributed by atoms with van der Waals surface area (Å²) in [5.41, 5.74) is 4.52. The number of carbonyl (C=O) groups is 2. The molecule has 0 aliphatic rings. The van der Waals surface area contributed by atoms with Crippen LogP contribution in [0.5, 0.6) is 0 Å². The number of carbonyl (C=O) groups excluding carboxylic acids is 1. The molecule has 0 atom stereocenters. The number of anilines is 1. The van der Waals surface area contributed by atoms with Gasteiger partial charge in [0, 0.05) is 12.7 Å². The summed E-state index contributed by atoms with van der Waals surface area (Å²) in [6, 6.07) is 1.05. The van der Waals surface area contributed by atoms with Gasteiger partial charge in [0.25, 0.3) is 0 Å². The Morgan fingerprint density at radius 1 is 1.59 bits per heavy atom. The lowest BCUT2D eigenvalue weighted by Crippen LogP contribution is -2.35. The fourth-order valence-electron chi connectivity index (χ4n) is 1.34. The summed E-state index contributed by atoms with van der Waals surface area (Å²) in [5, 5.41) is 8.75. The minimum absolute atomic E-state index is 0.189. The van der Waals surface area contributed by atoms with E-state index in [1.54, 1.807) is 6.92 Å². The predicted octanol–water partition coefficient (Wildman–Crippen LogP) is 0.230. The number of hydrogen-bond donors (Lipinski definition) is 2. The Kier molecular flexibility index (Phi) is 3.97. The summed E-state index contributed by atoms with van der Waals surface area (Å²) in [6.45, 7) is 1.75. The van der Waals surface area contributed by atoms with Crippen molar-refractivity contribution >= 4 is 17.7 Å². The summed E-state index contributed by atoms with van der Waals surface area (Å²) in [5.74, 6) is -3.19. The third-order valence-electron chi connectivity index (χ3n) is 2.13. The maximum absolute atomic E-state index is 13.8. The molecule has 1 amide bonds. The zero-order valence-corrected chi connectivity index (χ0v) is 9.18. The van der Waals surface area contributed by atoms with Crippen LogP contribution in [-0.4, -0.2) is 35.1 Å². The molecule has 3 N–H and O–H groups in total. The molecule has 1 heterocycles. The first kappa shape index (κ1) is 12.9. The number of carboxylic acid groups (broad SMARTS) is 1. The van der Waals surface area contributed by atoms with E-state index in [1.807, 2.05) is 0 Å². The number of carboxylic acids is 1. The van der Waals surface area contributed by atoms with Crippen LogP contribution in [0.25, 0.3) is 0 Å². The molecule has 6 nitrogen and oxygen atoms in total. The van der Waals surface area contributed by atoms with Crippen LogP contribution in [0, 0.1) is 5.82 Å². The molecule has 0 saturated heterocycles. The topological polar surface area (TPSA) is 96.5 Å². The minimum Gasteiger partial charge on any atom is -0.478 e. The van der Waals surface area contributed by atoms with Crippen molar-refractivity contribution in [3.63, 3.8) is 0 Å². The first-order valence-electron chi connectivity index (χ1n) is 4.88. The van der Waals surface area contributed by atoms with Gasteiger partial charge in [0.15, 0.2) is 11.6 Å². The van der Waals surface area contributed by atoms with E-state index in [0.29, 0.717) is 0 Å². The van der Waals surface area contributed by atoms with Crippen molar-refractivity contribution < 1.29 is 19.1 Å². The second-order valence-electron chi connectivity index (χ2n) is 3.28. The molecule has 0 saturated carbocycles. The molecule has 0 fully saturated rings. The van der Waals surface area contributed by atoms with Gasteiger partial charge >= 0.3 is 5.97 Å². The van der Waals surface area contributed by atoms with Gasteiger partial charge in [-0.2, -0.15) is 0 Å². The number of likely N-dealkylation sites (N-methyl/N-ethyl adjacent to an activating group) is 1. The van der Waals surface area contributed by atoms with Crippen LogP contribution >= 0.6 is 0 Å². The van der Waals surface area contributed by atoms with Gasteiger partial charge < -0.3 is 15.7 Å². The highest BCUT2D eigenvalue weighted by atomic mass is 19.1. The van der Waals surface area contributed by atoms with E-state index in [4.69, 9.17) is 10.8 Å². The summed E-state index contributed by atoms with van der Waals surface area (Å²) in [4.78, 5) is 26.5. The average Bonchev–Trinajstić information content (AvgIpc) is 2.26. The lowest BCUT2D eigenvalue weighted by Gasteiger charge is -2.20. The normalized spacial score (nSPS) is 10.0. The summed E-state index contributed by atoms with van der Waals surface area (Å²) in [7, 11) is 0. The van der Waals surface area contributed by atoms with E-state index in [-0.39, 0.29) is 18.9 Å². The monoisotopic (exact) mass is 241 g/mol. The van der Waals surface area contributed by atoms with Crippen LogP contribution in [0.1, 0.15) is 17.3 Å². The molecule has 0 aliphatic carbocycles. The molecule has 0 spiro atoms. The second-order valence-corrected chi connectivity index (χ2v) is 3.28. The van der Waals surface area contributed by atoms with Gasteiger partial charge in [-0.3, -0.25) is 4.79 Å². The number of rotatable bonds is 5. The summed E-state index contributed by atoms with van der Waals surface area (Å²) in [6.07, 6.45) is 1.17. The molecule has 92 valence electrons. The zero-order chi connectivity index (χ0) is 13.0. The van der Waals surface area contributed by atoms with E-state index in [9.17, 15) is 14.0 Å². The van der Waals surface area contributed by atoms with Gasteiger partial charge in [0.2, 0.25) is 5.91 Å². The molecule has 7 heteroatoms. The average molecular weight is 241 g/mol. The Morgan fingerprint density at radius 2 is 2.24 bits per heavy atom. The van der Waals surface area contributed by atoms with Crippen molar-refractivity contribution in [1.29, 1.82) is 0 Å². The molecule has 0 unspecified atom stereocenters. The molecule has 0 aromatic carbocycles. The van der Waals surface area contributed by atoms with E-state index in [1.165, 1.54) is 11.1 Å². The quantitative estimate of drug-likeness (QED) is 0.769. The predicted molar refractivity (Wildman–Crippen MR) is 58.2 cm³/mol. The van der Waals surface area contributed by atoms with Crippen molar-refractivity contribution in [2.45, 2.75) is 6.92 Å². The second kappa shape index (κ2) is 5.24. The molecule has 0 radical (unpaired) electrons. The Balaban J connectivity index is 3.16. The number of aromatic nitrogens is 1. The zero-order valence-electron chi connectivity index (χ0n) is 9.18. The Morgan fingerprint density at radius 3 is 2.71 bits per heavy atom. The van der Waals surface area contributed by atoms with E-state index in [0.717, 1.165) is 6.07 Å². The number of pyridine rings is 1. The van der Waals surface area contributed by atoms with Crippen molar-refractivity contribution in [2.75, 3.05) is 18.0 Å². The van der Waals surface area contributed by atoms with E-state index in [2.05, 4.69) is 4.98 Å². The van der Waals surface area contributed by atoms with Crippen LogP contribution in [-0.2, 0) is 4.79 Å². The minimum atomic E-state index is -1.39. The SMILES string of the molecule is CCN(CC(N)=O)c1nccc(C(=O)O)c1F. The smallest absolute Gasteiger partial charge is 0.338 e. The van der Waals surface area contributed by atoms with Gasteiger partial charge in [-0.25, -0.2) is 14.2 Å². The maximum Gasteiger partial charge on any atom is 0.338 e. The first-order valence-corrected chi connectivity index (χ1v) is 4.88. The van der Waals surface area contributed by atoms with E-state index >= 15 is 0 Å². The lowest BCUT2D eigenvalue weighted by molar-refractivity contribution is -0.116. The lowest BCUT2D eigenvalue weighted by atomic mass is 10.2. The maximum atomic E-state index is 13.8. The third-order valence-corrected chi connectivity index (χ3v) is 2.13. The number of halogens is 1. The fourth-order valence-corrected chi connectivity index (χ4v) is 1.34. The highest BCUT2D eigenvalue weighted by Crippen LogP contribution is 2.19. The van der Waals surface area contributed by atoms with Crippen LogP contribution < -0.4 is 10.6 Å². The highest BCUT2D eigenvalue weighted by molar-refractivity contribution is 5.89. The molecular weight excluding hydrogens is 229 g/mol. The molecule has 1 aromatic heterocycles. The van der Waals surface area contributed by atoms with Crippen LogP contribution in [0.4, 0.5) is 10.2 Å². The molecule has 17 heavy (non-hydrogen) atoms. The number of aromatic carboxylic acids is 1. The van der Waals surface area contributed by atoms with Crippen LogP contribution in [0.15, 0.2) is 12.3 Å². The van der Waals surface area contributed by atoms with Gasteiger partial charge in [-0.1, -0.05) is 0 Å². The number of nitrogens with zero attached hydrogens (tertiary/aromatic N) is 2. The molecule has 1 rings (SSSR count). The van der Waals surface area contributed by atoms with Crippen molar-refractivity contribution in [3.05, 3.63) is 23.6 Å².